The van der Waals surface area contributed by atoms with Gasteiger partial charge in [-0.15, -0.1) is 0 Å². The van der Waals surface area contributed by atoms with E-state index >= 15 is 0 Å². The number of rotatable bonds is 6. The highest BCUT2D eigenvalue weighted by Gasteiger charge is 2.04. The molecule has 0 aromatic heterocycles. The molecule has 20 heavy (non-hydrogen) atoms. The summed E-state index contributed by atoms with van der Waals surface area (Å²) in [5.41, 5.74) is 2.43. The Bertz CT molecular complexity index is 537. The van der Waals surface area contributed by atoms with E-state index in [0.29, 0.717) is 5.75 Å². The van der Waals surface area contributed by atoms with Gasteiger partial charge >= 0.3 is 0 Å². The lowest BCUT2D eigenvalue weighted by Gasteiger charge is -2.14. The first-order valence-electron chi connectivity index (χ1n) is 6.84. The third-order valence-electron chi connectivity index (χ3n) is 3.39. The van der Waals surface area contributed by atoms with Crippen LogP contribution < -0.4 is 10.1 Å². The Morgan fingerprint density at radius 2 is 1.90 bits per heavy atom. The van der Waals surface area contributed by atoms with Crippen LogP contribution in [-0.4, -0.2) is 18.8 Å². The molecule has 0 saturated carbocycles. The predicted molar refractivity (Wildman–Crippen MR) is 81.2 cm³/mol. The molecular weight excluding hydrogens is 250 g/mol. The monoisotopic (exact) mass is 271 g/mol. The van der Waals surface area contributed by atoms with Gasteiger partial charge in [-0.2, -0.15) is 0 Å². The van der Waals surface area contributed by atoms with Crippen molar-refractivity contribution in [2.45, 2.75) is 19.4 Å². The lowest BCUT2D eigenvalue weighted by Crippen LogP contribution is -2.21. The Hall–Kier alpha value is -2.00. The first-order chi connectivity index (χ1) is 9.69. The van der Waals surface area contributed by atoms with E-state index in [4.69, 9.17) is 4.74 Å². The fourth-order valence-electron chi connectivity index (χ4n) is 2.14. The zero-order valence-electron chi connectivity index (χ0n) is 12.0. The van der Waals surface area contributed by atoms with Gasteiger partial charge in [-0.05, 0) is 55.3 Å². The molecule has 0 aliphatic carbocycles. The summed E-state index contributed by atoms with van der Waals surface area (Å²) in [6.45, 7) is 3.02. The van der Waals surface area contributed by atoms with Crippen LogP contribution in [-0.2, 0) is 6.42 Å². The fraction of sp³-hybridized carbons (Fsp3) is 0.294. The summed E-state index contributed by atoms with van der Waals surface area (Å²) in [6, 6.07) is 15.7. The number of hydrogen-bond donors (Lipinski definition) is 2. The van der Waals surface area contributed by atoms with E-state index in [1.54, 1.807) is 19.2 Å². The molecule has 0 aliphatic heterocycles. The van der Waals surface area contributed by atoms with Crippen LogP contribution in [0.25, 0.3) is 0 Å². The maximum atomic E-state index is 9.28. The molecule has 0 bridgehead atoms. The Labute approximate surface area is 120 Å². The van der Waals surface area contributed by atoms with Gasteiger partial charge in [-0.1, -0.05) is 24.3 Å². The fourth-order valence-corrected chi connectivity index (χ4v) is 2.14. The summed E-state index contributed by atoms with van der Waals surface area (Å²) >= 11 is 0. The molecule has 0 aliphatic rings. The van der Waals surface area contributed by atoms with E-state index < -0.39 is 0 Å². The third kappa shape index (κ3) is 4.00. The molecule has 3 nitrogen and oxygen atoms in total. The quantitative estimate of drug-likeness (QED) is 0.847. The highest BCUT2D eigenvalue weighted by molar-refractivity contribution is 5.29. The normalized spacial score (nSPS) is 12.1. The lowest BCUT2D eigenvalue weighted by atomic mass is 10.1. The van der Waals surface area contributed by atoms with Gasteiger partial charge < -0.3 is 15.2 Å². The smallest absolute Gasteiger partial charge is 0.119 e. The largest absolute Gasteiger partial charge is 0.508 e. The summed E-state index contributed by atoms with van der Waals surface area (Å²) < 4.78 is 5.22. The minimum atomic E-state index is 0.265. The Kier molecular flexibility index (Phi) is 5.02. The second-order valence-corrected chi connectivity index (χ2v) is 4.87. The van der Waals surface area contributed by atoms with Crippen LogP contribution in [0.1, 0.15) is 24.1 Å². The second-order valence-electron chi connectivity index (χ2n) is 4.87. The standard InChI is InChI=1S/C17H21NO2/c1-13(15-6-8-16(19)9-7-15)18-11-10-14-4-3-5-17(12-14)20-2/h3-9,12-13,18-19H,10-11H2,1-2H3. The molecule has 2 aromatic rings. The summed E-state index contributed by atoms with van der Waals surface area (Å²) in [5, 5.41) is 12.8. The van der Waals surface area contributed by atoms with Gasteiger partial charge in [-0.3, -0.25) is 0 Å². The Balaban J connectivity index is 1.84. The molecule has 0 heterocycles. The van der Waals surface area contributed by atoms with Crippen LogP contribution >= 0.6 is 0 Å². The van der Waals surface area contributed by atoms with Crippen LogP contribution in [0.2, 0.25) is 0 Å². The van der Waals surface area contributed by atoms with Crippen LogP contribution in [0.5, 0.6) is 11.5 Å². The molecule has 3 heteroatoms. The molecule has 0 saturated heterocycles. The molecule has 106 valence electrons. The van der Waals surface area contributed by atoms with Crippen LogP contribution in [0.4, 0.5) is 0 Å². The average Bonchev–Trinajstić information content (AvgIpc) is 2.48. The predicted octanol–water partition coefficient (Wildman–Crippen LogP) is 3.29. The van der Waals surface area contributed by atoms with E-state index in [-0.39, 0.29) is 6.04 Å². The summed E-state index contributed by atoms with van der Waals surface area (Å²) in [6.07, 6.45) is 0.958. The van der Waals surface area contributed by atoms with Crippen LogP contribution in [0.3, 0.4) is 0 Å². The van der Waals surface area contributed by atoms with Gasteiger partial charge in [0.15, 0.2) is 0 Å². The molecule has 1 unspecified atom stereocenters. The van der Waals surface area contributed by atoms with Gasteiger partial charge in [0.05, 0.1) is 7.11 Å². The molecule has 2 rings (SSSR count). The molecule has 2 aromatic carbocycles. The number of phenolic OH excluding ortho intramolecular Hbond substituents is 1. The highest BCUT2D eigenvalue weighted by atomic mass is 16.5. The van der Waals surface area contributed by atoms with Crippen molar-refractivity contribution in [1.82, 2.24) is 5.32 Å². The van der Waals surface area contributed by atoms with Crippen LogP contribution in [0, 0.1) is 0 Å². The zero-order chi connectivity index (χ0) is 14.4. The lowest BCUT2D eigenvalue weighted by molar-refractivity contribution is 0.414. The highest BCUT2D eigenvalue weighted by Crippen LogP contribution is 2.17. The minimum absolute atomic E-state index is 0.265. The van der Waals surface area contributed by atoms with Crippen molar-refractivity contribution in [3.8, 4) is 11.5 Å². The zero-order valence-corrected chi connectivity index (χ0v) is 12.0. The van der Waals surface area contributed by atoms with Crippen molar-refractivity contribution in [3.63, 3.8) is 0 Å². The third-order valence-corrected chi connectivity index (χ3v) is 3.39. The van der Waals surface area contributed by atoms with Gasteiger partial charge in [0.1, 0.15) is 11.5 Å². The van der Waals surface area contributed by atoms with Crippen molar-refractivity contribution >= 4 is 0 Å². The Morgan fingerprint density at radius 1 is 1.15 bits per heavy atom. The molecular formula is C17H21NO2. The van der Waals surface area contributed by atoms with Gasteiger partial charge in [0.25, 0.3) is 0 Å². The number of phenols is 1. The van der Waals surface area contributed by atoms with Gasteiger partial charge in [-0.25, -0.2) is 0 Å². The van der Waals surface area contributed by atoms with Crippen molar-refractivity contribution < 1.29 is 9.84 Å². The van der Waals surface area contributed by atoms with E-state index in [2.05, 4.69) is 24.4 Å². The average molecular weight is 271 g/mol. The molecule has 1 atom stereocenters. The SMILES string of the molecule is COc1cccc(CCNC(C)c2ccc(O)cc2)c1. The molecule has 2 N–H and O–H groups in total. The molecule has 0 amide bonds. The number of aromatic hydroxyl groups is 1. The summed E-state index contributed by atoms with van der Waals surface area (Å²) in [4.78, 5) is 0. The number of methoxy groups -OCH3 is 1. The van der Waals surface area contributed by atoms with Gasteiger partial charge in [0, 0.05) is 6.04 Å². The van der Waals surface area contributed by atoms with Crippen molar-refractivity contribution in [3.05, 3.63) is 59.7 Å². The number of benzene rings is 2. The van der Waals surface area contributed by atoms with E-state index in [1.165, 1.54) is 11.1 Å². The summed E-state index contributed by atoms with van der Waals surface area (Å²) in [5.74, 6) is 1.20. The number of ether oxygens (including phenoxy) is 1. The maximum absolute atomic E-state index is 9.28. The van der Waals surface area contributed by atoms with E-state index in [1.807, 2.05) is 24.3 Å². The second kappa shape index (κ2) is 6.96. The number of hydrogen-bond acceptors (Lipinski definition) is 3. The summed E-state index contributed by atoms with van der Waals surface area (Å²) in [7, 11) is 1.68. The molecule has 0 fully saturated rings. The topological polar surface area (TPSA) is 41.5 Å². The van der Waals surface area contributed by atoms with Crippen LogP contribution in [0.15, 0.2) is 48.5 Å². The van der Waals surface area contributed by atoms with Gasteiger partial charge in [0.2, 0.25) is 0 Å². The maximum Gasteiger partial charge on any atom is 0.119 e. The first-order valence-corrected chi connectivity index (χ1v) is 6.84. The Morgan fingerprint density at radius 3 is 2.60 bits per heavy atom. The van der Waals surface area contributed by atoms with Crippen molar-refractivity contribution in [2.75, 3.05) is 13.7 Å². The minimum Gasteiger partial charge on any atom is -0.508 e. The molecule has 0 radical (unpaired) electrons. The van der Waals surface area contributed by atoms with Crippen molar-refractivity contribution in [2.24, 2.45) is 0 Å². The molecule has 0 spiro atoms. The van der Waals surface area contributed by atoms with Crippen molar-refractivity contribution in [1.29, 1.82) is 0 Å². The first kappa shape index (κ1) is 14.4. The van der Waals surface area contributed by atoms with E-state index in [9.17, 15) is 5.11 Å². The van der Waals surface area contributed by atoms with E-state index in [0.717, 1.165) is 18.7 Å². The number of nitrogens with one attached hydrogen (secondary N) is 1.